The van der Waals surface area contributed by atoms with Crippen LogP contribution in [0.25, 0.3) is 0 Å². The average molecular weight is 157 g/mol. The van der Waals surface area contributed by atoms with Crippen molar-refractivity contribution in [1.82, 2.24) is 9.59 Å². The van der Waals surface area contributed by atoms with Crippen LogP contribution < -0.4 is 0 Å². The summed E-state index contributed by atoms with van der Waals surface area (Å²) in [4.78, 5) is 3.68. The Morgan fingerprint density at radius 1 is 1.89 bits per heavy atom. The van der Waals surface area contributed by atoms with Crippen LogP contribution in [-0.4, -0.2) is 14.7 Å². The molecule has 0 aromatic carbocycles. The Bertz CT molecular complexity index is 212. The van der Waals surface area contributed by atoms with Crippen LogP contribution >= 0.6 is 23.8 Å². The highest BCUT2D eigenvalue weighted by Crippen LogP contribution is 1.96. The first-order chi connectivity index (χ1) is 4.43. The molecule has 0 saturated heterocycles. The zero-order chi connectivity index (χ0) is 6.53. The Labute approximate surface area is 61.6 Å². The van der Waals surface area contributed by atoms with E-state index < -0.39 is 0 Å². The van der Waals surface area contributed by atoms with E-state index in [1.54, 1.807) is 0 Å². The maximum Gasteiger partial charge on any atom is 0.0978 e. The van der Waals surface area contributed by atoms with Crippen LogP contribution in [-0.2, 0) is 6.54 Å². The fraction of sp³-hybridized carbons (Fsp3) is 0.250. The van der Waals surface area contributed by atoms with Crippen LogP contribution in [0.1, 0.15) is 5.69 Å². The molecule has 0 saturated carbocycles. The molecule has 1 rings (SSSR count). The van der Waals surface area contributed by atoms with Gasteiger partial charge in [-0.3, -0.25) is 0 Å². The van der Waals surface area contributed by atoms with Crippen LogP contribution in [0.3, 0.4) is 0 Å². The van der Waals surface area contributed by atoms with E-state index in [2.05, 4.69) is 32.0 Å². The summed E-state index contributed by atoms with van der Waals surface area (Å²) in [5, 5.41) is 7.82. The molecular weight excluding hydrogens is 154 g/mol. The van der Waals surface area contributed by atoms with Crippen molar-refractivity contribution < 1.29 is 0 Å². The summed E-state index contributed by atoms with van der Waals surface area (Å²) in [6.45, 7) is 0.500. The summed E-state index contributed by atoms with van der Waals surface area (Å²) < 4.78 is 3.64. The second-order valence-corrected chi connectivity index (χ2v) is 2.10. The van der Waals surface area contributed by atoms with Gasteiger partial charge < -0.3 is 0 Å². The molecule has 46 valence electrons. The number of hydrogen-bond acceptors (Lipinski definition) is 5. The zero-order valence-corrected chi connectivity index (χ0v) is 6.08. The third-order valence-corrected chi connectivity index (χ3v) is 1.39. The first-order valence-electron chi connectivity index (χ1n) is 2.23. The fourth-order valence-electron chi connectivity index (χ4n) is 0.366. The fourth-order valence-corrected chi connectivity index (χ4v) is 0.873. The minimum atomic E-state index is 0.500. The number of aromatic nitrogens is 2. The van der Waals surface area contributed by atoms with Gasteiger partial charge in [0.25, 0.3) is 0 Å². The molecule has 0 spiro atoms. The van der Waals surface area contributed by atoms with E-state index >= 15 is 0 Å². The lowest BCUT2D eigenvalue weighted by atomic mass is 10.5. The standard InChI is InChI=1S/C4H3N3S2/c8-3-5-1-4-2-9-7-6-4/h2H,1H2. The highest BCUT2D eigenvalue weighted by Gasteiger charge is 1.90. The molecule has 0 bridgehead atoms. The third-order valence-electron chi connectivity index (χ3n) is 0.711. The van der Waals surface area contributed by atoms with Gasteiger partial charge in [0.05, 0.1) is 17.4 Å². The van der Waals surface area contributed by atoms with E-state index in [1.807, 2.05) is 5.38 Å². The molecule has 1 aromatic heterocycles. The Balaban J connectivity index is 2.57. The van der Waals surface area contributed by atoms with E-state index in [0.29, 0.717) is 6.54 Å². The van der Waals surface area contributed by atoms with E-state index in [0.717, 1.165) is 5.69 Å². The number of rotatable bonds is 2. The van der Waals surface area contributed by atoms with Gasteiger partial charge in [-0.1, -0.05) is 4.49 Å². The predicted molar refractivity (Wildman–Crippen MR) is 38.6 cm³/mol. The van der Waals surface area contributed by atoms with E-state index in [1.165, 1.54) is 11.5 Å². The van der Waals surface area contributed by atoms with Crippen molar-refractivity contribution >= 4 is 28.9 Å². The summed E-state index contributed by atoms with van der Waals surface area (Å²) in [5.74, 6) is 0. The largest absolute Gasteiger partial charge is 0.226 e. The van der Waals surface area contributed by atoms with E-state index in [9.17, 15) is 0 Å². The second-order valence-electron chi connectivity index (χ2n) is 1.30. The summed E-state index contributed by atoms with van der Waals surface area (Å²) in [6.07, 6.45) is 0. The molecule has 0 amide bonds. The summed E-state index contributed by atoms with van der Waals surface area (Å²) in [6, 6.07) is 0. The molecule has 1 heterocycles. The van der Waals surface area contributed by atoms with Crippen molar-refractivity contribution in [2.24, 2.45) is 4.99 Å². The highest BCUT2D eigenvalue weighted by atomic mass is 32.1. The van der Waals surface area contributed by atoms with E-state index in [4.69, 9.17) is 0 Å². The van der Waals surface area contributed by atoms with Gasteiger partial charge in [-0.15, -0.1) is 5.10 Å². The molecule has 0 N–H and O–H groups in total. The van der Waals surface area contributed by atoms with E-state index in [-0.39, 0.29) is 0 Å². The summed E-state index contributed by atoms with van der Waals surface area (Å²) in [7, 11) is 0. The van der Waals surface area contributed by atoms with Crippen molar-refractivity contribution in [2.75, 3.05) is 0 Å². The van der Waals surface area contributed by atoms with Gasteiger partial charge in [0.2, 0.25) is 0 Å². The van der Waals surface area contributed by atoms with Gasteiger partial charge in [-0.2, -0.15) is 0 Å². The zero-order valence-electron chi connectivity index (χ0n) is 4.44. The van der Waals surface area contributed by atoms with Gasteiger partial charge >= 0.3 is 0 Å². The number of nitrogens with zero attached hydrogens (tertiary/aromatic N) is 3. The molecule has 0 radical (unpaired) electrons. The maximum absolute atomic E-state index is 4.36. The first-order valence-corrected chi connectivity index (χ1v) is 3.47. The summed E-state index contributed by atoms with van der Waals surface area (Å²) >= 11 is 5.67. The molecule has 0 atom stereocenters. The smallest absolute Gasteiger partial charge is 0.0978 e. The van der Waals surface area contributed by atoms with Crippen LogP contribution in [0.5, 0.6) is 0 Å². The number of aliphatic imine (C=N–C) groups is 1. The normalized spacial score (nSPS) is 8.44. The highest BCUT2D eigenvalue weighted by molar-refractivity contribution is 7.78. The number of thiocarbonyl (C=S) groups is 1. The Morgan fingerprint density at radius 2 is 2.78 bits per heavy atom. The molecule has 0 aliphatic carbocycles. The second kappa shape index (κ2) is 3.40. The molecule has 0 aliphatic rings. The van der Waals surface area contributed by atoms with Gasteiger partial charge in [-0.05, 0) is 23.8 Å². The van der Waals surface area contributed by atoms with Crippen molar-refractivity contribution in [3.05, 3.63) is 11.1 Å². The van der Waals surface area contributed by atoms with Crippen LogP contribution in [0.15, 0.2) is 10.4 Å². The van der Waals surface area contributed by atoms with Crippen LogP contribution in [0, 0.1) is 0 Å². The molecule has 0 fully saturated rings. The topological polar surface area (TPSA) is 38.1 Å². The third kappa shape index (κ3) is 1.97. The monoisotopic (exact) mass is 157 g/mol. The lowest BCUT2D eigenvalue weighted by molar-refractivity contribution is 0.964. The van der Waals surface area contributed by atoms with Crippen molar-refractivity contribution in [2.45, 2.75) is 6.54 Å². The van der Waals surface area contributed by atoms with Crippen molar-refractivity contribution in [3.63, 3.8) is 0 Å². The molecule has 1 aromatic rings. The maximum atomic E-state index is 4.36. The minimum Gasteiger partial charge on any atom is -0.226 e. The number of hydrogen-bond donors (Lipinski definition) is 0. The first kappa shape index (κ1) is 6.48. The van der Waals surface area contributed by atoms with Crippen LogP contribution in [0.2, 0.25) is 0 Å². The summed E-state index contributed by atoms with van der Waals surface area (Å²) in [5.41, 5.74) is 0.845. The molecule has 0 aliphatic heterocycles. The van der Waals surface area contributed by atoms with Crippen molar-refractivity contribution in [1.29, 1.82) is 0 Å². The molecule has 3 nitrogen and oxygen atoms in total. The van der Waals surface area contributed by atoms with Gasteiger partial charge in [0.1, 0.15) is 0 Å². The quantitative estimate of drug-likeness (QED) is 0.477. The molecule has 5 heteroatoms. The average Bonchev–Trinajstić information content (AvgIpc) is 2.34. The Kier molecular flexibility index (Phi) is 2.45. The lowest BCUT2D eigenvalue weighted by Gasteiger charge is -1.77. The molecule has 0 unspecified atom stereocenters. The van der Waals surface area contributed by atoms with Gasteiger partial charge in [-0.25, -0.2) is 4.99 Å². The number of isothiocyanates is 1. The lowest BCUT2D eigenvalue weighted by Crippen LogP contribution is -1.78. The van der Waals surface area contributed by atoms with Gasteiger partial charge in [0, 0.05) is 5.38 Å². The Morgan fingerprint density at radius 3 is 3.33 bits per heavy atom. The van der Waals surface area contributed by atoms with Crippen molar-refractivity contribution in [3.8, 4) is 0 Å². The minimum absolute atomic E-state index is 0.500. The van der Waals surface area contributed by atoms with Gasteiger partial charge in [0.15, 0.2) is 0 Å². The predicted octanol–water partition coefficient (Wildman–Crippen LogP) is 1.14. The SMILES string of the molecule is S=C=NCc1csnn1. The Hall–Kier alpha value is -0.640. The molecular formula is C4H3N3S2. The molecule has 9 heavy (non-hydrogen) atoms. The van der Waals surface area contributed by atoms with Crippen LogP contribution in [0.4, 0.5) is 0 Å².